The van der Waals surface area contributed by atoms with Gasteiger partial charge in [-0.2, -0.15) is 0 Å². The first-order valence-corrected chi connectivity index (χ1v) is 3.26. The highest BCUT2D eigenvalue weighted by atomic mass is 16.4. The molecule has 0 amide bonds. The van der Waals surface area contributed by atoms with Crippen LogP contribution in [0.2, 0.25) is 0 Å². The van der Waals surface area contributed by atoms with Gasteiger partial charge in [-0.05, 0) is 0 Å². The number of hydrogen-bond donors (Lipinski definition) is 2. The second-order valence-corrected chi connectivity index (χ2v) is 2.12. The normalized spacial score (nSPS) is 18.8. The fourth-order valence-electron chi connectivity index (χ4n) is 1.06. The first-order chi connectivity index (χ1) is 4.00. The van der Waals surface area contributed by atoms with Crippen LogP contribution in [0.3, 0.4) is 0 Å². The van der Waals surface area contributed by atoms with Crippen molar-refractivity contribution in [1.29, 1.82) is 0 Å². The molecular weight excluding hydrogens is 102 g/mol. The molecule has 0 atom stereocenters. The Morgan fingerprint density at radius 2 is 0.750 bits per heavy atom. The van der Waals surface area contributed by atoms with Crippen LogP contribution in [0.1, 0.15) is 38.5 Å². The molecular formula is C6H15NO. The Morgan fingerprint density at radius 1 is 0.625 bits per heavy atom. The van der Waals surface area contributed by atoms with Crippen molar-refractivity contribution in [2.75, 3.05) is 0 Å². The zero-order chi connectivity index (χ0) is 6.24. The minimum Gasteiger partial charge on any atom is -0.320 e. The summed E-state index contributed by atoms with van der Waals surface area (Å²) in [5.74, 6) is 3.50. The Kier molecular flexibility index (Phi) is 6.85. The topological polar surface area (TPSA) is 46.2 Å². The van der Waals surface area contributed by atoms with E-state index in [0.29, 0.717) is 0 Å². The van der Waals surface area contributed by atoms with E-state index in [4.69, 9.17) is 5.21 Å². The predicted molar refractivity (Wildman–Crippen MR) is 33.7 cm³/mol. The van der Waals surface area contributed by atoms with Crippen LogP contribution in [0.5, 0.6) is 0 Å². The van der Waals surface area contributed by atoms with Crippen molar-refractivity contribution in [2.45, 2.75) is 38.5 Å². The van der Waals surface area contributed by atoms with Gasteiger partial charge in [-0.1, -0.05) is 38.5 Å². The van der Waals surface area contributed by atoms with E-state index in [1.54, 1.807) is 0 Å². The third-order valence-electron chi connectivity index (χ3n) is 1.50. The molecule has 1 aliphatic rings. The van der Waals surface area contributed by atoms with Crippen LogP contribution in [0.25, 0.3) is 0 Å². The van der Waals surface area contributed by atoms with Crippen LogP contribution in [0.15, 0.2) is 0 Å². The second-order valence-electron chi connectivity index (χ2n) is 2.12. The largest absolute Gasteiger partial charge is 0.320 e. The summed E-state index contributed by atoms with van der Waals surface area (Å²) < 4.78 is 0. The molecule has 0 unspecified atom stereocenters. The summed E-state index contributed by atoms with van der Waals surface area (Å²) in [5, 5.41) is 6.50. The average molecular weight is 117 g/mol. The first-order valence-electron chi connectivity index (χ1n) is 3.26. The zero-order valence-electron chi connectivity index (χ0n) is 5.27. The fraction of sp³-hybridized carbons (Fsp3) is 1.00. The Morgan fingerprint density at radius 3 is 0.875 bits per heavy atom. The SMILES string of the molecule is C1CCCCC1.NO. The molecule has 0 spiro atoms. The Hall–Kier alpha value is -0.0800. The number of nitrogens with two attached hydrogens (primary N) is 1. The van der Waals surface area contributed by atoms with E-state index in [-0.39, 0.29) is 0 Å². The Balaban J connectivity index is 0.000000222. The molecule has 0 saturated heterocycles. The van der Waals surface area contributed by atoms with Crippen LogP contribution in [-0.4, -0.2) is 5.21 Å². The van der Waals surface area contributed by atoms with Crippen molar-refractivity contribution in [2.24, 2.45) is 5.90 Å². The highest BCUT2D eigenvalue weighted by molar-refractivity contribution is 4.51. The minimum absolute atomic E-state index is 1.50. The van der Waals surface area contributed by atoms with Gasteiger partial charge in [-0.3, -0.25) is 0 Å². The molecule has 3 N–H and O–H groups in total. The van der Waals surface area contributed by atoms with Crippen molar-refractivity contribution in [3.63, 3.8) is 0 Å². The lowest BCUT2D eigenvalue weighted by Gasteiger charge is -2.05. The van der Waals surface area contributed by atoms with Crippen LogP contribution >= 0.6 is 0 Å². The molecule has 0 heterocycles. The highest BCUT2D eigenvalue weighted by Gasteiger charge is 1.95. The zero-order valence-corrected chi connectivity index (χ0v) is 5.27. The lowest BCUT2D eigenvalue weighted by Crippen LogP contribution is -1.85. The fourth-order valence-corrected chi connectivity index (χ4v) is 1.06. The van der Waals surface area contributed by atoms with Crippen molar-refractivity contribution < 1.29 is 5.21 Å². The molecule has 0 aromatic heterocycles. The van der Waals surface area contributed by atoms with Gasteiger partial charge in [0.05, 0.1) is 0 Å². The molecule has 0 radical (unpaired) electrons. The van der Waals surface area contributed by atoms with Gasteiger partial charge >= 0.3 is 0 Å². The van der Waals surface area contributed by atoms with Crippen molar-refractivity contribution in [1.82, 2.24) is 0 Å². The van der Waals surface area contributed by atoms with Crippen LogP contribution in [0.4, 0.5) is 0 Å². The monoisotopic (exact) mass is 117 g/mol. The third kappa shape index (κ3) is 4.09. The van der Waals surface area contributed by atoms with Crippen molar-refractivity contribution in [3.8, 4) is 0 Å². The molecule has 1 rings (SSSR count). The molecule has 2 nitrogen and oxygen atoms in total. The summed E-state index contributed by atoms with van der Waals surface area (Å²) in [6.45, 7) is 0. The standard InChI is InChI=1S/C6H12.H3NO/c1-2-4-6-5-3-1;1-2/h1-6H2;2H,1H2. The lowest BCUT2D eigenvalue weighted by atomic mass is 10.0. The summed E-state index contributed by atoms with van der Waals surface area (Å²) in [6.07, 6.45) is 9.00. The number of hydrogen-bond acceptors (Lipinski definition) is 2. The van der Waals surface area contributed by atoms with Gasteiger partial charge in [0.1, 0.15) is 0 Å². The maximum absolute atomic E-state index is 6.50. The van der Waals surface area contributed by atoms with E-state index >= 15 is 0 Å². The van der Waals surface area contributed by atoms with Gasteiger partial charge in [-0.25, -0.2) is 5.90 Å². The van der Waals surface area contributed by atoms with Gasteiger partial charge in [0.2, 0.25) is 0 Å². The van der Waals surface area contributed by atoms with E-state index in [9.17, 15) is 0 Å². The van der Waals surface area contributed by atoms with E-state index in [1.807, 2.05) is 0 Å². The molecule has 1 fully saturated rings. The molecule has 0 aromatic carbocycles. The maximum Gasteiger partial charge on any atom is -0.0533 e. The van der Waals surface area contributed by atoms with Crippen LogP contribution < -0.4 is 5.90 Å². The van der Waals surface area contributed by atoms with Gasteiger partial charge in [0.15, 0.2) is 0 Å². The Labute approximate surface area is 50.7 Å². The predicted octanol–water partition coefficient (Wildman–Crippen LogP) is 1.67. The van der Waals surface area contributed by atoms with Crippen molar-refractivity contribution in [3.05, 3.63) is 0 Å². The van der Waals surface area contributed by atoms with Crippen molar-refractivity contribution >= 4 is 0 Å². The summed E-state index contributed by atoms with van der Waals surface area (Å²) in [4.78, 5) is 0. The summed E-state index contributed by atoms with van der Waals surface area (Å²) in [6, 6.07) is 0. The van der Waals surface area contributed by atoms with Gasteiger partial charge < -0.3 is 5.21 Å². The van der Waals surface area contributed by atoms with Crippen LogP contribution in [-0.2, 0) is 0 Å². The molecule has 50 valence electrons. The lowest BCUT2D eigenvalue weighted by molar-refractivity contribution is 0.311. The first kappa shape index (κ1) is 7.92. The van der Waals surface area contributed by atoms with E-state index in [2.05, 4.69) is 5.90 Å². The van der Waals surface area contributed by atoms with Crippen LogP contribution in [0, 0.1) is 0 Å². The maximum atomic E-state index is 6.50. The van der Waals surface area contributed by atoms with Gasteiger partial charge in [0.25, 0.3) is 0 Å². The highest BCUT2D eigenvalue weighted by Crippen LogP contribution is 2.15. The van der Waals surface area contributed by atoms with E-state index in [1.165, 1.54) is 38.5 Å². The average Bonchev–Trinajstić information content (AvgIpc) is 1.96. The summed E-state index contributed by atoms with van der Waals surface area (Å²) in [7, 11) is 0. The molecule has 1 saturated carbocycles. The molecule has 8 heavy (non-hydrogen) atoms. The minimum atomic E-state index is 1.50. The van der Waals surface area contributed by atoms with E-state index in [0.717, 1.165) is 0 Å². The molecule has 0 aliphatic heterocycles. The van der Waals surface area contributed by atoms with Gasteiger partial charge in [-0.15, -0.1) is 0 Å². The second kappa shape index (κ2) is 6.92. The molecule has 1 aliphatic carbocycles. The smallest absolute Gasteiger partial charge is 0.0533 e. The van der Waals surface area contributed by atoms with E-state index < -0.39 is 0 Å². The van der Waals surface area contributed by atoms with Gasteiger partial charge in [0, 0.05) is 0 Å². The molecule has 0 bridgehead atoms. The number of rotatable bonds is 0. The third-order valence-corrected chi connectivity index (χ3v) is 1.50. The quantitative estimate of drug-likeness (QED) is 0.474. The summed E-state index contributed by atoms with van der Waals surface area (Å²) >= 11 is 0. The summed E-state index contributed by atoms with van der Waals surface area (Å²) in [5.41, 5.74) is 0. The molecule has 2 heteroatoms. The Bertz CT molecular complexity index is 24.0. The molecule has 0 aromatic rings.